The summed E-state index contributed by atoms with van der Waals surface area (Å²) in [6, 6.07) is 4.27. The minimum Gasteiger partial charge on any atom is -0.504 e. The Bertz CT molecular complexity index is 662. The number of phenols is 2. The Morgan fingerprint density at radius 1 is 1.13 bits per heavy atom. The van der Waals surface area contributed by atoms with E-state index in [-0.39, 0.29) is 11.5 Å². The summed E-state index contributed by atoms with van der Waals surface area (Å²) < 4.78 is 0. The molecule has 3 aliphatic rings. The molecule has 1 heterocycles. The molecule has 1 aliphatic heterocycles. The molecule has 0 amide bonds. The fraction of sp³-hybridized carbons (Fsp3) is 0.500. The molecule has 2 atom stereocenters. The van der Waals surface area contributed by atoms with Crippen LogP contribution in [0.3, 0.4) is 0 Å². The third-order valence-corrected chi connectivity index (χ3v) is 5.79. The molecule has 0 spiro atoms. The normalized spacial score (nSPS) is 27.2. The lowest BCUT2D eigenvalue weighted by atomic mass is 9.74. The fourth-order valence-corrected chi connectivity index (χ4v) is 4.66. The van der Waals surface area contributed by atoms with Gasteiger partial charge in [0.05, 0.1) is 0 Å². The van der Waals surface area contributed by atoms with Crippen LogP contribution in [0.25, 0.3) is 0 Å². The Kier molecular flexibility index (Phi) is 3.90. The Morgan fingerprint density at radius 3 is 2.87 bits per heavy atom. The average Bonchev–Trinajstić information content (AvgIpc) is 2.59. The highest BCUT2D eigenvalue weighted by Gasteiger charge is 2.37. The van der Waals surface area contributed by atoms with Crippen molar-refractivity contribution in [2.45, 2.75) is 50.5 Å². The van der Waals surface area contributed by atoms with Gasteiger partial charge in [-0.15, -0.1) is 0 Å². The average molecular weight is 311 g/mol. The molecule has 1 saturated heterocycles. The number of nitrogens with zero attached hydrogens (tertiary/aromatic N) is 1. The molecular formula is C20H25NO2. The largest absolute Gasteiger partial charge is 0.504 e. The van der Waals surface area contributed by atoms with E-state index in [0.29, 0.717) is 12.0 Å². The molecule has 2 N–H and O–H groups in total. The van der Waals surface area contributed by atoms with E-state index in [1.807, 2.05) is 6.07 Å². The summed E-state index contributed by atoms with van der Waals surface area (Å²) in [5.74, 6) is 0.631. The standard InChI is InChI=1S/C20H25NO2/c22-19-11-9-15-16-7-4-12-21(13-14-5-2-1-3-6-14)18(16)10-8-17(15)20(19)23/h1-2,5,9,11,16,18,22-23H,3-4,6-8,10,12-13H2/t16-,18?/m0/s1. The molecule has 0 radical (unpaired) electrons. The number of piperidine rings is 1. The SMILES string of the molecule is Oc1ccc2c(c1O)CCC1[C@H]2CCCN1CC1=CC=CCC1. The van der Waals surface area contributed by atoms with Crippen LogP contribution in [-0.4, -0.2) is 34.2 Å². The molecule has 2 aliphatic carbocycles. The monoisotopic (exact) mass is 311 g/mol. The van der Waals surface area contributed by atoms with Gasteiger partial charge in [-0.3, -0.25) is 4.90 Å². The Hall–Kier alpha value is -1.74. The van der Waals surface area contributed by atoms with Crippen molar-refractivity contribution >= 4 is 0 Å². The zero-order valence-electron chi connectivity index (χ0n) is 13.5. The molecule has 1 aromatic rings. The molecule has 1 unspecified atom stereocenters. The van der Waals surface area contributed by atoms with Crippen LogP contribution in [0.4, 0.5) is 0 Å². The Labute approximate surface area is 137 Å². The smallest absolute Gasteiger partial charge is 0.160 e. The van der Waals surface area contributed by atoms with Crippen LogP contribution < -0.4 is 0 Å². The van der Waals surface area contributed by atoms with Gasteiger partial charge in [-0.05, 0) is 62.6 Å². The summed E-state index contributed by atoms with van der Waals surface area (Å²) in [5.41, 5.74) is 3.79. The maximum Gasteiger partial charge on any atom is 0.160 e. The summed E-state index contributed by atoms with van der Waals surface area (Å²) in [4.78, 5) is 2.66. The minimum atomic E-state index is 0.0222. The van der Waals surface area contributed by atoms with Crippen LogP contribution in [0.5, 0.6) is 11.5 Å². The van der Waals surface area contributed by atoms with Crippen LogP contribution >= 0.6 is 0 Å². The molecule has 0 saturated carbocycles. The molecule has 1 aromatic carbocycles. The first-order chi connectivity index (χ1) is 11.2. The van der Waals surface area contributed by atoms with Crippen molar-refractivity contribution in [3.05, 3.63) is 47.1 Å². The number of phenolic OH excluding ortho intramolecular Hbond substituents is 2. The number of aromatic hydroxyl groups is 2. The van der Waals surface area contributed by atoms with Crippen LogP contribution in [0.2, 0.25) is 0 Å². The summed E-state index contributed by atoms with van der Waals surface area (Å²) >= 11 is 0. The zero-order chi connectivity index (χ0) is 15.8. The summed E-state index contributed by atoms with van der Waals surface area (Å²) in [7, 11) is 0. The number of hydrogen-bond donors (Lipinski definition) is 2. The van der Waals surface area contributed by atoms with Gasteiger partial charge in [-0.1, -0.05) is 29.9 Å². The van der Waals surface area contributed by atoms with Crippen LogP contribution in [0.15, 0.2) is 35.9 Å². The molecule has 23 heavy (non-hydrogen) atoms. The Balaban J connectivity index is 1.59. The van der Waals surface area contributed by atoms with Crippen LogP contribution in [-0.2, 0) is 6.42 Å². The number of hydrogen-bond acceptors (Lipinski definition) is 3. The van der Waals surface area contributed by atoms with Gasteiger partial charge in [0.1, 0.15) is 0 Å². The van der Waals surface area contributed by atoms with Crippen LogP contribution in [0, 0.1) is 0 Å². The number of likely N-dealkylation sites (tertiary alicyclic amines) is 1. The number of rotatable bonds is 2. The highest BCUT2D eigenvalue weighted by molar-refractivity contribution is 5.52. The lowest BCUT2D eigenvalue weighted by Gasteiger charge is -2.45. The van der Waals surface area contributed by atoms with Crippen molar-refractivity contribution in [1.29, 1.82) is 0 Å². The van der Waals surface area contributed by atoms with Gasteiger partial charge in [0.2, 0.25) is 0 Å². The predicted octanol–water partition coefficient (Wildman–Crippen LogP) is 3.87. The number of allylic oxidation sites excluding steroid dienone is 3. The van der Waals surface area contributed by atoms with Gasteiger partial charge in [0, 0.05) is 18.2 Å². The van der Waals surface area contributed by atoms with Gasteiger partial charge in [0.15, 0.2) is 11.5 Å². The molecule has 3 heteroatoms. The first-order valence-electron chi connectivity index (χ1n) is 8.86. The highest BCUT2D eigenvalue weighted by atomic mass is 16.3. The fourth-order valence-electron chi connectivity index (χ4n) is 4.66. The molecule has 122 valence electrons. The van der Waals surface area contributed by atoms with Crippen LogP contribution in [0.1, 0.15) is 49.1 Å². The van der Waals surface area contributed by atoms with Crippen molar-refractivity contribution in [1.82, 2.24) is 4.90 Å². The highest BCUT2D eigenvalue weighted by Crippen LogP contribution is 2.45. The molecule has 4 rings (SSSR count). The molecule has 3 nitrogen and oxygen atoms in total. The van der Waals surface area contributed by atoms with Gasteiger partial charge in [-0.25, -0.2) is 0 Å². The number of fused-ring (bicyclic) bond motifs is 3. The lowest BCUT2D eigenvalue weighted by Crippen LogP contribution is -2.47. The first-order valence-corrected chi connectivity index (χ1v) is 8.86. The molecular weight excluding hydrogens is 286 g/mol. The topological polar surface area (TPSA) is 43.7 Å². The van der Waals surface area contributed by atoms with E-state index in [4.69, 9.17) is 0 Å². The van der Waals surface area contributed by atoms with E-state index >= 15 is 0 Å². The second kappa shape index (κ2) is 6.04. The van der Waals surface area contributed by atoms with E-state index < -0.39 is 0 Å². The quantitative estimate of drug-likeness (QED) is 0.815. The third kappa shape index (κ3) is 2.67. The lowest BCUT2D eigenvalue weighted by molar-refractivity contribution is 0.122. The van der Waals surface area contributed by atoms with Crippen molar-refractivity contribution in [2.24, 2.45) is 0 Å². The summed E-state index contributed by atoms with van der Waals surface area (Å²) in [5, 5.41) is 19.9. The van der Waals surface area contributed by atoms with Crippen molar-refractivity contribution in [3.63, 3.8) is 0 Å². The van der Waals surface area contributed by atoms with Gasteiger partial charge in [-0.2, -0.15) is 0 Å². The Morgan fingerprint density at radius 2 is 2.04 bits per heavy atom. The van der Waals surface area contributed by atoms with E-state index in [2.05, 4.69) is 23.1 Å². The van der Waals surface area contributed by atoms with Gasteiger partial charge >= 0.3 is 0 Å². The van der Waals surface area contributed by atoms with Crippen molar-refractivity contribution in [2.75, 3.05) is 13.1 Å². The van der Waals surface area contributed by atoms with Crippen molar-refractivity contribution < 1.29 is 10.2 Å². The maximum absolute atomic E-state index is 10.2. The molecule has 0 bridgehead atoms. The summed E-state index contributed by atoms with van der Waals surface area (Å²) in [6.45, 7) is 2.27. The minimum absolute atomic E-state index is 0.0222. The zero-order valence-corrected chi connectivity index (χ0v) is 13.5. The van der Waals surface area contributed by atoms with Crippen molar-refractivity contribution in [3.8, 4) is 11.5 Å². The first kappa shape index (κ1) is 14.8. The van der Waals surface area contributed by atoms with Gasteiger partial charge in [0.25, 0.3) is 0 Å². The van der Waals surface area contributed by atoms with E-state index in [1.165, 1.54) is 37.8 Å². The number of benzene rings is 1. The third-order valence-electron chi connectivity index (χ3n) is 5.79. The predicted molar refractivity (Wildman–Crippen MR) is 91.9 cm³/mol. The maximum atomic E-state index is 10.2. The summed E-state index contributed by atoms with van der Waals surface area (Å²) in [6.07, 6.45) is 13.4. The van der Waals surface area contributed by atoms with Gasteiger partial charge < -0.3 is 10.2 Å². The molecule has 1 fully saturated rings. The molecule has 0 aromatic heterocycles. The van der Waals surface area contributed by atoms with E-state index in [9.17, 15) is 10.2 Å². The van der Waals surface area contributed by atoms with E-state index in [0.717, 1.165) is 24.9 Å². The second-order valence-electron chi connectivity index (χ2n) is 7.12. The van der Waals surface area contributed by atoms with E-state index in [1.54, 1.807) is 11.6 Å². The second-order valence-corrected chi connectivity index (χ2v) is 7.12.